The summed E-state index contributed by atoms with van der Waals surface area (Å²) >= 11 is 0. The van der Waals surface area contributed by atoms with Crippen molar-refractivity contribution >= 4 is 16.2 Å². The lowest BCUT2D eigenvalue weighted by atomic mass is 10.4. The van der Waals surface area contributed by atoms with Gasteiger partial charge >= 0.3 is 0 Å². The minimum absolute atomic E-state index is 1.04. The molecule has 0 aliphatic rings. The Kier molecular flexibility index (Phi) is 4.96. The van der Waals surface area contributed by atoms with Gasteiger partial charge in [0.2, 0.25) is 10.0 Å². The van der Waals surface area contributed by atoms with E-state index in [1.54, 1.807) is 24.3 Å². The quantitative estimate of drug-likeness (QED) is 0.489. The maximum atomic E-state index is 10.5. The smallest absolute Gasteiger partial charge is 0.205 e. The summed E-state index contributed by atoms with van der Waals surface area (Å²) in [5, 5.41) is 0. The van der Waals surface area contributed by atoms with Crippen LogP contribution in [0.4, 0.5) is 0 Å². The van der Waals surface area contributed by atoms with Gasteiger partial charge in [0, 0.05) is 6.21 Å². The van der Waals surface area contributed by atoms with Gasteiger partial charge in [-0.05, 0) is 6.08 Å². The van der Waals surface area contributed by atoms with E-state index >= 15 is 0 Å². The molecule has 0 bridgehead atoms. The van der Waals surface area contributed by atoms with E-state index in [2.05, 4.69) is 11.0 Å². The molecule has 0 N–H and O–H groups in total. The van der Waals surface area contributed by atoms with Gasteiger partial charge in [0.15, 0.2) is 0 Å². The number of nitrogens with zero attached hydrogens (tertiary/aromatic N) is 1. The maximum absolute atomic E-state index is 10.5. The normalized spacial score (nSPS) is 13.4. The van der Waals surface area contributed by atoms with Gasteiger partial charge in [-0.1, -0.05) is 30.9 Å². The van der Waals surface area contributed by atoms with Crippen molar-refractivity contribution in [1.29, 1.82) is 0 Å². The molecule has 0 spiro atoms. The lowest BCUT2D eigenvalue weighted by Gasteiger charge is -1.80. The van der Waals surface area contributed by atoms with E-state index in [4.69, 9.17) is 0 Å². The van der Waals surface area contributed by atoms with Crippen molar-refractivity contribution in [1.82, 2.24) is 0 Å². The molecule has 0 heterocycles. The van der Waals surface area contributed by atoms with E-state index in [1.165, 1.54) is 12.3 Å². The molecule has 0 aliphatic heterocycles. The monoisotopic (exact) mass is 185 g/mol. The molecule has 0 radical (unpaired) electrons. The number of hydrogen-bond donors (Lipinski definition) is 0. The largest absolute Gasteiger partial charge is 0.250 e. The Bertz CT molecular complexity index is 310. The van der Waals surface area contributed by atoms with Crippen molar-refractivity contribution in [3.8, 4) is 0 Å². The number of allylic oxidation sites excluding steroid dienone is 5. The molecule has 0 amide bonds. The molecule has 0 unspecified atom stereocenters. The van der Waals surface area contributed by atoms with Gasteiger partial charge in [0.25, 0.3) is 0 Å². The zero-order valence-electron chi connectivity index (χ0n) is 6.84. The summed E-state index contributed by atoms with van der Waals surface area (Å²) in [6, 6.07) is 0. The van der Waals surface area contributed by atoms with Crippen LogP contribution in [0.5, 0.6) is 0 Å². The van der Waals surface area contributed by atoms with Crippen molar-refractivity contribution in [2.75, 3.05) is 6.26 Å². The third-order valence-electron chi connectivity index (χ3n) is 0.808. The highest BCUT2D eigenvalue weighted by Gasteiger charge is 1.89. The second-order valence-corrected chi connectivity index (χ2v) is 3.67. The van der Waals surface area contributed by atoms with Crippen LogP contribution in [0.15, 0.2) is 41.4 Å². The van der Waals surface area contributed by atoms with E-state index in [0.29, 0.717) is 0 Å². The molecule has 0 aromatic rings. The summed E-state index contributed by atoms with van der Waals surface area (Å²) in [5.74, 6) is 0. The molecule has 4 heteroatoms. The molecule has 66 valence electrons. The molecule has 0 saturated carbocycles. The highest BCUT2D eigenvalue weighted by Crippen LogP contribution is 1.82. The molecule has 3 nitrogen and oxygen atoms in total. The second-order valence-electron chi connectivity index (χ2n) is 1.99. The van der Waals surface area contributed by atoms with Gasteiger partial charge in [-0.3, -0.25) is 0 Å². The molecule has 0 atom stereocenters. The summed E-state index contributed by atoms with van der Waals surface area (Å²) in [7, 11) is -3.24. The van der Waals surface area contributed by atoms with Gasteiger partial charge in [0.1, 0.15) is 0 Å². The molecular formula is C8H11NO2S. The lowest BCUT2D eigenvalue weighted by molar-refractivity contribution is 0.604. The number of sulfonamides is 1. The van der Waals surface area contributed by atoms with Crippen LogP contribution in [-0.2, 0) is 10.0 Å². The van der Waals surface area contributed by atoms with Crippen molar-refractivity contribution in [2.24, 2.45) is 4.40 Å². The molecule has 0 fully saturated rings. The fraction of sp³-hybridized carbons (Fsp3) is 0.125. The third-order valence-corrected chi connectivity index (χ3v) is 1.31. The van der Waals surface area contributed by atoms with E-state index < -0.39 is 10.0 Å². The summed E-state index contributed by atoms with van der Waals surface area (Å²) in [4.78, 5) is 0. The Morgan fingerprint density at radius 1 is 1.17 bits per heavy atom. The molecule has 0 saturated heterocycles. The van der Waals surface area contributed by atoms with Crippen molar-refractivity contribution in [2.45, 2.75) is 0 Å². The van der Waals surface area contributed by atoms with Gasteiger partial charge in [-0.2, -0.15) is 4.40 Å². The predicted molar refractivity (Wildman–Crippen MR) is 51.8 cm³/mol. The average molecular weight is 185 g/mol. The molecule has 0 aliphatic carbocycles. The predicted octanol–water partition coefficient (Wildman–Crippen LogP) is 1.32. The summed E-state index contributed by atoms with van der Waals surface area (Å²) in [6.45, 7) is 3.47. The minimum Gasteiger partial charge on any atom is -0.205 e. The fourth-order valence-electron chi connectivity index (χ4n) is 0.402. The Labute approximate surface area is 72.9 Å². The first-order chi connectivity index (χ1) is 5.56. The van der Waals surface area contributed by atoms with Crippen LogP contribution in [-0.4, -0.2) is 20.9 Å². The van der Waals surface area contributed by atoms with E-state index in [9.17, 15) is 8.42 Å². The Hall–Kier alpha value is -1.16. The zero-order valence-corrected chi connectivity index (χ0v) is 7.66. The standard InChI is InChI=1S/C8H11NO2S/c1-3-4-5-6-7-8-9-12(2,10)11/h3-8H,1H2,2H3/b5-4-,7-6+,9-8+. The van der Waals surface area contributed by atoms with Crippen LogP contribution >= 0.6 is 0 Å². The second kappa shape index (κ2) is 5.49. The molecule has 0 rings (SSSR count). The molecule has 0 aromatic heterocycles. The van der Waals surface area contributed by atoms with E-state index in [0.717, 1.165) is 6.26 Å². The average Bonchev–Trinajstić information content (AvgIpc) is 1.94. The third kappa shape index (κ3) is 8.84. The van der Waals surface area contributed by atoms with Crippen LogP contribution < -0.4 is 0 Å². The molecule has 0 aromatic carbocycles. The zero-order chi connectivity index (χ0) is 9.45. The first kappa shape index (κ1) is 10.8. The first-order valence-corrected chi connectivity index (χ1v) is 5.11. The number of rotatable bonds is 4. The van der Waals surface area contributed by atoms with Crippen LogP contribution in [0.25, 0.3) is 0 Å². The highest BCUT2D eigenvalue weighted by atomic mass is 32.2. The summed E-state index contributed by atoms with van der Waals surface area (Å²) in [5.41, 5.74) is 0. The SMILES string of the molecule is C=C\C=C/C=C/C=N/S(C)(=O)=O. The van der Waals surface area contributed by atoms with Gasteiger partial charge < -0.3 is 0 Å². The molecular weight excluding hydrogens is 174 g/mol. The summed E-state index contributed by atoms with van der Waals surface area (Å²) < 4.78 is 24.2. The van der Waals surface area contributed by atoms with Crippen LogP contribution in [0.2, 0.25) is 0 Å². The van der Waals surface area contributed by atoms with Crippen molar-refractivity contribution in [3.63, 3.8) is 0 Å². The Morgan fingerprint density at radius 2 is 1.75 bits per heavy atom. The lowest BCUT2D eigenvalue weighted by Crippen LogP contribution is -1.88. The minimum atomic E-state index is -3.24. The highest BCUT2D eigenvalue weighted by molar-refractivity contribution is 7.89. The Morgan fingerprint density at radius 3 is 2.25 bits per heavy atom. The van der Waals surface area contributed by atoms with Gasteiger partial charge in [0.05, 0.1) is 6.26 Å². The van der Waals surface area contributed by atoms with Crippen LogP contribution in [0.3, 0.4) is 0 Å². The van der Waals surface area contributed by atoms with Gasteiger partial charge in [-0.15, -0.1) is 0 Å². The fourth-order valence-corrected chi connectivity index (χ4v) is 0.694. The molecule has 12 heavy (non-hydrogen) atoms. The van der Waals surface area contributed by atoms with E-state index in [1.807, 2.05) is 0 Å². The van der Waals surface area contributed by atoms with Crippen LogP contribution in [0, 0.1) is 0 Å². The van der Waals surface area contributed by atoms with Gasteiger partial charge in [-0.25, -0.2) is 8.42 Å². The summed E-state index contributed by atoms with van der Waals surface area (Å²) in [6.07, 6.45) is 10.5. The van der Waals surface area contributed by atoms with Crippen molar-refractivity contribution < 1.29 is 8.42 Å². The van der Waals surface area contributed by atoms with Crippen molar-refractivity contribution in [3.05, 3.63) is 37.0 Å². The topological polar surface area (TPSA) is 46.5 Å². The Balaban J connectivity index is 3.99. The van der Waals surface area contributed by atoms with E-state index in [-0.39, 0.29) is 0 Å². The van der Waals surface area contributed by atoms with Crippen LogP contribution in [0.1, 0.15) is 0 Å². The first-order valence-electron chi connectivity index (χ1n) is 3.26. The maximum Gasteiger partial charge on any atom is 0.250 e. The number of hydrogen-bond acceptors (Lipinski definition) is 2.